The van der Waals surface area contributed by atoms with E-state index < -0.39 is 23.4 Å². The van der Waals surface area contributed by atoms with Gasteiger partial charge in [-0.25, -0.2) is 13.2 Å². The number of carbonyl (C=O) groups excluding carboxylic acids is 1. The van der Waals surface area contributed by atoms with Gasteiger partial charge in [-0.15, -0.1) is 0 Å². The predicted octanol–water partition coefficient (Wildman–Crippen LogP) is 3.43. The molecule has 0 aromatic heterocycles. The maximum absolute atomic E-state index is 13.1. The minimum atomic E-state index is -1.53. The zero-order chi connectivity index (χ0) is 13.1. The van der Waals surface area contributed by atoms with Crippen molar-refractivity contribution in [3.63, 3.8) is 0 Å². The van der Waals surface area contributed by atoms with Crippen LogP contribution in [0.3, 0.4) is 0 Å². The largest absolute Gasteiger partial charge is 0.302 e. The van der Waals surface area contributed by atoms with E-state index in [1.54, 1.807) is 30.3 Å². The molecule has 4 heteroatoms. The molecule has 0 heterocycles. The zero-order valence-corrected chi connectivity index (χ0v) is 9.24. The maximum atomic E-state index is 13.1. The second-order valence-corrected chi connectivity index (χ2v) is 3.82. The Bertz CT molecular complexity index is 544. The maximum Gasteiger partial charge on any atom is 0.194 e. The van der Waals surface area contributed by atoms with Crippen molar-refractivity contribution in [2.24, 2.45) is 0 Å². The van der Waals surface area contributed by atoms with E-state index in [1.165, 1.54) is 0 Å². The first-order valence-electron chi connectivity index (χ1n) is 5.28. The second-order valence-electron chi connectivity index (χ2n) is 3.82. The number of carbonyl (C=O) groups is 1. The van der Waals surface area contributed by atoms with Gasteiger partial charge < -0.3 is 4.79 Å². The average molecular weight is 250 g/mol. The number of benzene rings is 2. The Balaban J connectivity index is 2.49. The van der Waals surface area contributed by atoms with E-state index in [0.717, 1.165) is 12.1 Å². The van der Waals surface area contributed by atoms with Gasteiger partial charge in [0.25, 0.3) is 0 Å². The minimum Gasteiger partial charge on any atom is -0.302 e. The molecule has 0 spiro atoms. The van der Waals surface area contributed by atoms with Crippen molar-refractivity contribution in [3.05, 3.63) is 71.0 Å². The van der Waals surface area contributed by atoms with E-state index in [4.69, 9.17) is 0 Å². The van der Waals surface area contributed by atoms with Crippen LogP contribution >= 0.6 is 0 Å². The fraction of sp³-hybridized carbons (Fsp3) is 0.0714. The molecular formula is C14H9F3O. The molecule has 0 aliphatic carbocycles. The first-order valence-corrected chi connectivity index (χ1v) is 5.28. The molecular weight excluding hydrogens is 241 g/mol. The van der Waals surface area contributed by atoms with Crippen molar-refractivity contribution in [2.45, 2.75) is 5.92 Å². The molecule has 0 bridgehead atoms. The van der Waals surface area contributed by atoms with E-state index in [9.17, 15) is 18.0 Å². The van der Waals surface area contributed by atoms with Crippen LogP contribution in [0.1, 0.15) is 17.0 Å². The third-order valence-corrected chi connectivity index (χ3v) is 2.66. The minimum absolute atomic E-state index is 0.0904. The first-order chi connectivity index (χ1) is 8.63. The molecule has 0 aliphatic rings. The van der Waals surface area contributed by atoms with Crippen LogP contribution in [0.5, 0.6) is 0 Å². The summed E-state index contributed by atoms with van der Waals surface area (Å²) in [6.45, 7) is 0. The molecule has 0 N–H and O–H groups in total. The van der Waals surface area contributed by atoms with Crippen molar-refractivity contribution in [1.82, 2.24) is 0 Å². The molecule has 1 unspecified atom stereocenters. The van der Waals surface area contributed by atoms with Crippen molar-refractivity contribution >= 4 is 6.29 Å². The summed E-state index contributed by atoms with van der Waals surface area (Å²) >= 11 is 0. The topological polar surface area (TPSA) is 17.1 Å². The molecule has 0 saturated heterocycles. The highest BCUT2D eigenvalue weighted by atomic mass is 19.2. The molecule has 0 radical (unpaired) electrons. The normalized spacial score (nSPS) is 12.2. The van der Waals surface area contributed by atoms with E-state index in [0.29, 0.717) is 11.8 Å². The molecule has 1 atom stereocenters. The van der Waals surface area contributed by atoms with Gasteiger partial charge >= 0.3 is 0 Å². The van der Waals surface area contributed by atoms with Crippen LogP contribution in [-0.4, -0.2) is 6.29 Å². The van der Waals surface area contributed by atoms with Gasteiger partial charge in [0.15, 0.2) is 17.5 Å². The smallest absolute Gasteiger partial charge is 0.194 e. The Morgan fingerprint density at radius 3 is 1.94 bits per heavy atom. The molecule has 0 saturated carbocycles. The second kappa shape index (κ2) is 5.04. The van der Waals surface area contributed by atoms with Gasteiger partial charge in [-0.3, -0.25) is 0 Å². The van der Waals surface area contributed by atoms with Gasteiger partial charge in [0.05, 0.1) is 5.92 Å². The van der Waals surface area contributed by atoms with Gasteiger partial charge in [0, 0.05) is 0 Å². The van der Waals surface area contributed by atoms with Crippen molar-refractivity contribution in [3.8, 4) is 0 Å². The summed E-state index contributed by atoms with van der Waals surface area (Å²) in [6, 6.07) is 10.2. The van der Waals surface area contributed by atoms with Gasteiger partial charge in [-0.05, 0) is 23.3 Å². The van der Waals surface area contributed by atoms with Gasteiger partial charge in [0.1, 0.15) is 6.29 Å². The van der Waals surface area contributed by atoms with Crippen LogP contribution in [0.4, 0.5) is 13.2 Å². The highest BCUT2D eigenvalue weighted by molar-refractivity contribution is 5.68. The summed E-state index contributed by atoms with van der Waals surface area (Å²) in [4.78, 5) is 11.1. The van der Waals surface area contributed by atoms with E-state index in [1.807, 2.05) is 0 Å². The lowest BCUT2D eigenvalue weighted by Crippen LogP contribution is -2.05. The van der Waals surface area contributed by atoms with E-state index in [-0.39, 0.29) is 5.56 Å². The van der Waals surface area contributed by atoms with Crippen LogP contribution in [-0.2, 0) is 4.79 Å². The quantitative estimate of drug-likeness (QED) is 0.602. The van der Waals surface area contributed by atoms with Crippen LogP contribution < -0.4 is 0 Å². The first kappa shape index (κ1) is 12.4. The molecule has 92 valence electrons. The zero-order valence-electron chi connectivity index (χ0n) is 9.24. The molecule has 2 rings (SSSR count). The van der Waals surface area contributed by atoms with Crippen LogP contribution in [0.15, 0.2) is 42.5 Å². The Labute approximate surface area is 102 Å². The van der Waals surface area contributed by atoms with Gasteiger partial charge in [-0.1, -0.05) is 30.3 Å². The average Bonchev–Trinajstić information content (AvgIpc) is 2.38. The summed E-state index contributed by atoms with van der Waals surface area (Å²) in [6.07, 6.45) is 0.571. The standard InChI is InChI=1S/C14H9F3O/c15-12-6-10(7-13(16)14(12)17)11(8-18)9-4-2-1-3-5-9/h1-8,11H. The number of rotatable bonds is 3. The number of aldehydes is 1. The summed E-state index contributed by atoms with van der Waals surface area (Å²) in [5.41, 5.74) is 0.686. The molecule has 2 aromatic rings. The van der Waals surface area contributed by atoms with Gasteiger partial charge in [0.2, 0.25) is 0 Å². The Kier molecular flexibility index (Phi) is 3.46. The third-order valence-electron chi connectivity index (χ3n) is 2.66. The van der Waals surface area contributed by atoms with Gasteiger partial charge in [-0.2, -0.15) is 0 Å². The predicted molar refractivity (Wildman–Crippen MR) is 60.7 cm³/mol. The molecule has 0 aliphatic heterocycles. The van der Waals surface area contributed by atoms with Crippen molar-refractivity contribution < 1.29 is 18.0 Å². The number of hydrogen-bond donors (Lipinski definition) is 0. The number of hydrogen-bond acceptors (Lipinski definition) is 1. The monoisotopic (exact) mass is 250 g/mol. The van der Waals surface area contributed by atoms with Crippen molar-refractivity contribution in [1.29, 1.82) is 0 Å². The SMILES string of the molecule is O=CC(c1ccccc1)c1cc(F)c(F)c(F)c1. The number of halogens is 3. The fourth-order valence-corrected chi connectivity index (χ4v) is 1.76. The lowest BCUT2D eigenvalue weighted by atomic mass is 9.92. The summed E-state index contributed by atoms with van der Waals surface area (Å²) in [5.74, 6) is -4.94. The fourth-order valence-electron chi connectivity index (χ4n) is 1.76. The van der Waals surface area contributed by atoms with Crippen LogP contribution in [0.2, 0.25) is 0 Å². The van der Waals surface area contributed by atoms with E-state index >= 15 is 0 Å². The Morgan fingerprint density at radius 2 is 1.44 bits per heavy atom. The molecule has 0 fully saturated rings. The lowest BCUT2D eigenvalue weighted by Gasteiger charge is -2.11. The molecule has 1 nitrogen and oxygen atoms in total. The summed E-state index contributed by atoms with van der Waals surface area (Å²) in [7, 11) is 0. The van der Waals surface area contributed by atoms with Crippen LogP contribution in [0.25, 0.3) is 0 Å². The van der Waals surface area contributed by atoms with Crippen molar-refractivity contribution in [2.75, 3.05) is 0 Å². The lowest BCUT2D eigenvalue weighted by molar-refractivity contribution is -0.108. The highest BCUT2D eigenvalue weighted by Gasteiger charge is 2.18. The molecule has 2 aromatic carbocycles. The summed E-state index contributed by atoms with van der Waals surface area (Å²) in [5, 5.41) is 0. The highest BCUT2D eigenvalue weighted by Crippen LogP contribution is 2.25. The molecule has 18 heavy (non-hydrogen) atoms. The Hall–Kier alpha value is -2.10. The van der Waals surface area contributed by atoms with Crippen LogP contribution in [0, 0.1) is 17.5 Å². The third kappa shape index (κ3) is 2.27. The van der Waals surface area contributed by atoms with E-state index in [2.05, 4.69) is 0 Å². The Morgan fingerprint density at radius 1 is 0.889 bits per heavy atom. The molecule has 0 amide bonds. The summed E-state index contributed by atoms with van der Waals surface area (Å²) < 4.78 is 39.1.